The van der Waals surface area contributed by atoms with Gasteiger partial charge >= 0.3 is 0 Å². The second kappa shape index (κ2) is 7.23. The SMILES string of the molecule is CCCNCC1(Cc2ccc(OC)c(F)c2)CCOC1C. The van der Waals surface area contributed by atoms with Crippen LogP contribution in [0.25, 0.3) is 0 Å². The average Bonchev–Trinajstić information content (AvgIpc) is 2.81. The van der Waals surface area contributed by atoms with Crippen molar-refractivity contribution in [3.05, 3.63) is 29.6 Å². The molecule has 0 amide bonds. The molecule has 118 valence electrons. The molecule has 1 saturated heterocycles. The molecule has 4 heteroatoms. The van der Waals surface area contributed by atoms with Crippen molar-refractivity contribution in [2.75, 3.05) is 26.8 Å². The van der Waals surface area contributed by atoms with E-state index in [1.807, 2.05) is 6.07 Å². The van der Waals surface area contributed by atoms with Gasteiger partial charge in [-0.05, 0) is 50.4 Å². The summed E-state index contributed by atoms with van der Waals surface area (Å²) in [5.41, 5.74) is 1.06. The van der Waals surface area contributed by atoms with Crippen molar-refractivity contribution in [1.29, 1.82) is 0 Å². The molecule has 21 heavy (non-hydrogen) atoms. The number of hydrogen-bond donors (Lipinski definition) is 1. The molecule has 2 unspecified atom stereocenters. The summed E-state index contributed by atoms with van der Waals surface area (Å²) in [6.45, 7) is 6.99. The molecule has 3 nitrogen and oxygen atoms in total. The zero-order valence-corrected chi connectivity index (χ0v) is 13.2. The van der Waals surface area contributed by atoms with E-state index >= 15 is 0 Å². The van der Waals surface area contributed by atoms with Crippen LogP contribution < -0.4 is 10.1 Å². The monoisotopic (exact) mass is 295 g/mol. The summed E-state index contributed by atoms with van der Waals surface area (Å²) in [5, 5.41) is 3.51. The molecule has 1 aromatic rings. The highest BCUT2D eigenvalue weighted by Crippen LogP contribution is 2.38. The van der Waals surface area contributed by atoms with Crippen LogP contribution in [0.15, 0.2) is 18.2 Å². The minimum atomic E-state index is -0.293. The van der Waals surface area contributed by atoms with Crippen LogP contribution in [0.4, 0.5) is 4.39 Å². The van der Waals surface area contributed by atoms with Crippen LogP contribution in [0, 0.1) is 11.2 Å². The Morgan fingerprint density at radius 1 is 1.48 bits per heavy atom. The van der Waals surface area contributed by atoms with Gasteiger partial charge in [0.05, 0.1) is 13.2 Å². The van der Waals surface area contributed by atoms with E-state index in [1.54, 1.807) is 12.1 Å². The van der Waals surface area contributed by atoms with Gasteiger partial charge in [0.25, 0.3) is 0 Å². The maximum atomic E-state index is 13.9. The number of methoxy groups -OCH3 is 1. The first kappa shape index (κ1) is 16.2. The Balaban J connectivity index is 2.13. The standard InChI is InChI=1S/C17H26FNO2/c1-4-8-19-12-17(7-9-21-13(17)2)11-14-5-6-16(20-3)15(18)10-14/h5-6,10,13,19H,4,7-9,11-12H2,1-3H3. The van der Waals surface area contributed by atoms with Crippen LogP contribution in [0.5, 0.6) is 5.75 Å². The predicted octanol–water partition coefficient (Wildman–Crippen LogP) is 3.17. The molecule has 0 aliphatic carbocycles. The number of rotatable bonds is 7. The molecule has 0 radical (unpaired) electrons. The number of nitrogens with one attached hydrogen (secondary N) is 1. The van der Waals surface area contributed by atoms with Crippen LogP contribution in [-0.4, -0.2) is 32.9 Å². The van der Waals surface area contributed by atoms with Gasteiger partial charge in [-0.3, -0.25) is 0 Å². The highest BCUT2D eigenvalue weighted by Gasteiger charge is 2.41. The first-order valence-corrected chi connectivity index (χ1v) is 7.76. The van der Waals surface area contributed by atoms with Crippen molar-refractivity contribution in [3.8, 4) is 5.75 Å². The van der Waals surface area contributed by atoms with Crippen molar-refractivity contribution in [1.82, 2.24) is 5.32 Å². The smallest absolute Gasteiger partial charge is 0.165 e. The third-order valence-corrected chi connectivity index (χ3v) is 4.51. The number of benzene rings is 1. The van der Waals surface area contributed by atoms with Gasteiger partial charge < -0.3 is 14.8 Å². The first-order valence-electron chi connectivity index (χ1n) is 7.76. The Hall–Kier alpha value is -1.13. The fourth-order valence-electron chi connectivity index (χ4n) is 3.09. The Labute approximate surface area is 126 Å². The molecule has 0 bridgehead atoms. The second-order valence-electron chi connectivity index (χ2n) is 5.95. The lowest BCUT2D eigenvalue weighted by molar-refractivity contribution is 0.0630. The van der Waals surface area contributed by atoms with E-state index in [1.165, 1.54) is 7.11 Å². The minimum Gasteiger partial charge on any atom is -0.494 e. The Kier molecular flexibility index (Phi) is 5.59. The Morgan fingerprint density at radius 2 is 2.29 bits per heavy atom. The van der Waals surface area contributed by atoms with Gasteiger partial charge in [0, 0.05) is 18.6 Å². The molecular weight excluding hydrogens is 269 g/mol. The molecule has 1 heterocycles. The van der Waals surface area contributed by atoms with Crippen molar-refractivity contribution in [2.45, 2.75) is 39.2 Å². The predicted molar refractivity (Wildman–Crippen MR) is 82.3 cm³/mol. The van der Waals surface area contributed by atoms with E-state index in [-0.39, 0.29) is 17.3 Å². The lowest BCUT2D eigenvalue weighted by Crippen LogP contribution is -2.41. The Morgan fingerprint density at radius 3 is 2.86 bits per heavy atom. The van der Waals surface area contributed by atoms with E-state index in [4.69, 9.17) is 9.47 Å². The quantitative estimate of drug-likeness (QED) is 0.784. The van der Waals surface area contributed by atoms with Gasteiger partial charge in [0.1, 0.15) is 0 Å². The maximum absolute atomic E-state index is 13.9. The van der Waals surface area contributed by atoms with Crippen molar-refractivity contribution in [2.24, 2.45) is 5.41 Å². The van der Waals surface area contributed by atoms with Crippen LogP contribution in [-0.2, 0) is 11.2 Å². The zero-order valence-electron chi connectivity index (χ0n) is 13.2. The van der Waals surface area contributed by atoms with E-state index in [9.17, 15) is 4.39 Å². The zero-order chi connectivity index (χ0) is 15.3. The van der Waals surface area contributed by atoms with Crippen LogP contribution in [0.2, 0.25) is 0 Å². The summed E-state index contributed by atoms with van der Waals surface area (Å²) < 4.78 is 24.7. The van der Waals surface area contributed by atoms with Crippen LogP contribution in [0.3, 0.4) is 0 Å². The second-order valence-corrected chi connectivity index (χ2v) is 5.95. The molecule has 2 rings (SSSR count). The van der Waals surface area contributed by atoms with Gasteiger partial charge in [-0.25, -0.2) is 4.39 Å². The average molecular weight is 295 g/mol. The molecule has 1 fully saturated rings. The van der Waals surface area contributed by atoms with Crippen molar-refractivity contribution < 1.29 is 13.9 Å². The molecule has 0 saturated carbocycles. The molecule has 1 N–H and O–H groups in total. The van der Waals surface area contributed by atoms with E-state index in [2.05, 4.69) is 19.2 Å². The number of ether oxygens (including phenoxy) is 2. The van der Waals surface area contributed by atoms with Crippen LogP contribution in [0.1, 0.15) is 32.3 Å². The van der Waals surface area contributed by atoms with Gasteiger partial charge in [-0.15, -0.1) is 0 Å². The normalized spacial score (nSPS) is 25.2. The number of hydrogen-bond acceptors (Lipinski definition) is 3. The van der Waals surface area contributed by atoms with E-state index < -0.39 is 0 Å². The highest BCUT2D eigenvalue weighted by molar-refractivity contribution is 5.30. The summed E-state index contributed by atoms with van der Waals surface area (Å²) in [7, 11) is 1.49. The highest BCUT2D eigenvalue weighted by atomic mass is 19.1. The van der Waals surface area contributed by atoms with Crippen molar-refractivity contribution in [3.63, 3.8) is 0 Å². The number of halogens is 1. The molecule has 1 aliphatic rings. The fourth-order valence-corrected chi connectivity index (χ4v) is 3.09. The first-order chi connectivity index (χ1) is 10.1. The summed E-state index contributed by atoms with van der Waals surface area (Å²) in [6, 6.07) is 5.25. The van der Waals surface area contributed by atoms with Crippen LogP contribution >= 0.6 is 0 Å². The third-order valence-electron chi connectivity index (χ3n) is 4.51. The topological polar surface area (TPSA) is 30.5 Å². The van der Waals surface area contributed by atoms with E-state index in [0.717, 1.165) is 44.5 Å². The van der Waals surface area contributed by atoms with E-state index in [0.29, 0.717) is 5.75 Å². The summed E-state index contributed by atoms with van der Waals surface area (Å²) in [5.74, 6) is 0.00543. The molecule has 0 aromatic heterocycles. The largest absolute Gasteiger partial charge is 0.494 e. The molecule has 1 aliphatic heterocycles. The summed E-state index contributed by atoms with van der Waals surface area (Å²) in [6.07, 6.45) is 3.14. The molecular formula is C17H26FNO2. The lowest BCUT2D eigenvalue weighted by Gasteiger charge is -2.33. The minimum absolute atomic E-state index is 0.0518. The van der Waals surface area contributed by atoms with Gasteiger partial charge in [0.2, 0.25) is 0 Å². The molecule has 2 atom stereocenters. The van der Waals surface area contributed by atoms with Gasteiger partial charge in [-0.2, -0.15) is 0 Å². The van der Waals surface area contributed by atoms with Gasteiger partial charge in [-0.1, -0.05) is 13.0 Å². The third kappa shape index (κ3) is 3.74. The van der Waals surface area contributed by atoms with Gasteiger partial charge in [0.15, 0.2) is 11.6 Å². The summed E-state index contributed by atoms with van der Waals surface area (Å²) >= 11 is 0. The lowest BCUT2D eigenvalue weighted by atomic mass is 9.76. The Bertz CT molecular complexity index is 466. The molecule has 1 aromatic carbocycles. The molecule has 0 spiro atoms. The summed E-state index contributed by atoms with van der Waals surface area (Å²) in [4.78, 5) is 0. The fraction of sp³-hybridized carbons (Fsp3) is 0.647. The van der Waals surface area contributed by atoms with Crippen molar-refractivity contribution >= 4 is 0 Å². The maximum Gasteiger partial charge on any atom is 0.165 e.